The van der Waals surface area contributed by atoms with Crippen LogP contribution in [0.5, 0.6) is 0 Å². The van der Waals surface area contributed by atoms with Gasteiger partial charge in [-0.3, -0.25) is 0 Å². The van der Waals surface area contributed by atoms with E-state index in [1.54, 1.807) is 0 Å². The quantitative estimate of drug-likeness (QED) is 0.745. The van der Waals surface area contributed by atoms with E-state index in [0.29, 0.717) is 6.04 Å². The smallest absolute Gasteiger partial charge is 0.00964 e. The van der Waals surface area contributed by atoms with Crippen LogP contribution in [0.1, 0.15) is 45.4 Å². The van der Waals surface area contributed by atoms with E-state index >= 15 is 0 Å². The summed E-state index contributed by atoms with van der Waals surface area (Å²) in [6.45, 7) is 4.77. The van der Waals surface area contributed by atoms with Crippen molar-refractivity contribution in [3.8, 4) is 0 Å². The molecule has 0 spiro atoms. The lowest BCUT2D eigenvalue weighted by Crippen LogP contribution is -2.41. The van der Waals surface area contributed by atoms with E-state index in [9.17, 15) is 0 Å². The third kappa shape index (κ3) is 2.48. The van der Waals surface area contributed by atoms with Crippen LogP contribution in [0.25, 0.3) is 0 Å². The zero-order valence-corrected chi connectivity index (χ0v) is 9.41. The molecule has 14 heavy (non-hydrogen) atoms. The molecule has 2 rings (SSSR count). The lowest BCUT2D eigenvalue weighted by atomic mass is 9.84. The second-order valence-electron chi connectivity index (χ2n) is 5.03. The summed E-state index contributed by atoms with van der Waals surface area (Å²) in [5, 5.41) is 0. The standard InChI is InChI=1S/C12H24N2/c1-2-14(11-7-8-11)9-10-5-3-4-6-12(10)13/h10-12H,2-9,13H2,1H3. The van der Waals surface area contributed by atoms with Crippen molar-refractivity contribution in [2.75, 3.05) is 13.1 Å². The zero-order chi connectivity index (χ0) is 9.97. The zero-order valence-electron chi connectivity index (χ0n) is 9.41. The Morgan fingerprint density at radius 2 is 1.86 bits per heavy atom. The molecule has 2 fully saturated rings. The van der Waals surface area contributed by atoms with E-state index in [2.05, 4.69) is 11.8 Å². The van der Waals surface area contributed by atoms with Crippen LogP contribution >= 0.6 is 0 Å². The van der Waals surface area contributed by atoms with Crippen molar-refractivity contribution < 1.29 is 0 Å². The van der Waals surface area contributed by atoms with Crippen molar-refractivity contribution in [3.63, 3.8) is 0 Å². The normalized spacial score (nSPS) is 33.6. The van der Waals surface area contributed by atoms with Gasteiger partial charge in [0.15, 0.2) is 0 Å². The highest BCUT2D eigenvalue weighted by Gasteiger charge is 2.31. The Bertz CT molecular complexity index is 177. The molecule has 2 nitrogen and oxygen atoms in total. The van der Waals surface area contributed by atoms with Crippen LogP contribution in [0.15, 0.2) is 0 Å². The Labute approximate surface area is 87.8 Å². The minimum Gasteiger partial charge on any atom is -0.327 e. The fraction of sp³-hybridized carbons (Fsp3) is 1.00. The minimum atomic E-state index is 0.483. The average Bonchev–Trinajstić information content (AvgIpc) is 3.00. The van der Waals surface area contributed by atoms with Gasteiger partial charge < -0.3 is 10.6 Å². The largest absolute Gasteiger partial charge is 0.327 e. The molecule has 0 aromatic rings. The van der Waals surface area contributed by atoms with Gasteiger partial charge in [-0.15, -0.1) is 0 Å². The summed E-state index contributed by atoms with van der Waals surface area (Å²) in [6.07, 6.45) is 8.23. The van der Waals surface area contributed by atoms with E-state index in [-0.39, 0.29) is 0 Å². The van der Waals surface area contributed by atoms with E-state index in [4.69, 9.17) is 5.73 Å². The summed E-state index contributed by atoms with van der Waals surface area (Å²) < 4.78 is 0. The summed E-state index contributed by atoms with van der Waals surface area (Å²) in [5.74, 6) is 0.782. The Balaban J connectivity index is 1.81. The first kappa shape index (κ1) is 10.4. The van der Waals surface area contributed by atoms with Crippen molar-refractivity contribution >= 4 is 0 Å². The van der Waals surface area contributed by atoms with Crippen LogP contribution in [0.2, 0.25) is 0 Å². The molecule has 0 aliphatic heterocycles. The Kier molecular flexibility index (Phi) is 3.45. The van der Waals surface area contributed by atoms with Crippen LogP contribution in [-0.4, -0.2) is 30.1 Å². The number of nitrogens with zero attached hydrogens (tertiary/aromatic N) is 1. The molecule has 2 unspecified atom stereocenters. The molecule has 2 N–H and O–H groups in total. The van der Waals surface area contributed by atoms with Gasteiger partial charge in [-0.25, -0.2) is 0 Å². The Morgan fingerprint density at radius 1 is 1.14 bits per heavy atom. The molecule has 2 aliphatic rings. The second-order valence-corrected chi connectivity index (χ2v) is 5.03. The molecule has 0 radical (unpaired) electrons. The first-order valence-corrected chi connectivity index (χ1v) is 6.31. The highest BCUT2D eigenvalue weighted by molar-refractivity contribution is 4.88. The van der Waals surface area contributed by atoms with Gasteiger partial charge >= 0.3 is 0 Å². The fourth-order valence-corrected chi connectivity index (χ4v) is 2.74. The summed E-state index contributed by atoms with van der Waals surface area (Å²) in [5.41, 5.74) is 6.18. The third-order valence-electron chi connectivity index (χ3n) is 3.91. The van der Waals surface area contributed by atoms with E-state index in [0.717, 1.165) is 12.0 Å². The van der Waals surface area contributed by atoms with Crippen molar-refractivity contribution in [2.24, 2.45) is 11.7 Å². The van der Waals surface area contributed by atoms with Crippen molar-refractivity contribution in [2.45, 2.75) is 57.5 Å². The Hall–Kier alpha value is -0.0800. The number of nitrogens with two attached hydrogens (primary N) is 1. The van der Waals surface area contributed by atoms with Crippen molar-refractivity contribution in [3.05, 3.63) is 0 Å². The molecule has 0 amide bonds. The van der Waals surface area contributed by atoms with Crippen LogP contribution < -0.4 is 5.73 Å². The molecule has 2 atom stereocenters. The van der Waals surface area contributed by atoms with Crippen molar-refractivity contribution in [1.82, 2.24) is 4.90 Å². The minimum absolute atomic E-state index is 0.483. The SMILES string of the molecule is CCN(CC1CCCCC1N)C1CC1. The maximum Gasteiger partial charge on any atom is 0.00964 e. The summed E-state index contributed by atoms with van der Waals surface area (Å²) in [7, 11) is 0. The predicted octanol–water partition coefficient (Wildman–Crippen LogP) is 1.99. The second kappa shape index (κ2) is 4.63. The maximum absolute atomic E-state index is 6.18. The first-order chi connectivity index (χ1) is 6.81. The van der Waals surface area contributed by atoms with Gasteiger partial charge in [0.2, 0.25) is 0 Å². The van der Waals surface area contributed by atoms with Crippen LogP contribution in [0.3, 0.4) is 0 Å². The van der Waals surface area contributed by atoms with E-state index in [1.807, 2.05) is 0 Å². The molecule has 0 aromatic heterocycles. The van der Waals surface area contributed by atoms with Gasteiger partial charge in [0.05, 0.1) is 0 Å². The van der Waals surface area contributed by atoms with Crippen LogP contribution in [0.4, 0.5) is 0 Å². The van der Waals surface area contributed by atoms with E-state index < -0.39 is 0 Å². The van der Waals surface area contributed by atoms with Crippen LogP contribution in [-0.2, 0) is 0 Å². The lowest BCUT2D eigenvalue weighted by molar-refractivity contribution is 0.184. The monoisotopic (exact) mass is 196 g/mol. The molecule has 0 aromatic carbocycles. The Morgan fingerprint density at radius 3 is 2.43 bits per heavy atom. The molecule has 0 heterocycles. The molecule has 0 saturated heterocycles. The molecular formula is C12H24N2. The van der Waals surface area contributed by atoms with Gasteiger partial charge in [-0.05, 0) is 38.1 Å². The topological polar surface area (TPSA) is 29.3 Å². The van der Waals surface area contributed by atoms with Gasteiger partial charge in [-0.2, -0.15) is 0 Å². The summed E-state index contributed by atoms with van der Waals surface area (Å²) in [4.78, 5) is 2.65. The molecule has 2 saturated carbocycles. The van der Waals surface area contributed by atoms with Crippen molar-refractivity contribution in [1.29, 1.82) is 0 Å². The summed E-state index contributed by atoms with van der Waals surface area (Å²) >= 11 is 0. The van der Waals surface area contributed by atoms with Gasteiger partial charge in [0.25, 0.3) is 0 Å². The predicted molar refractivity (Wildman–Crippen MR) is 60.2 cm³/mol. The maximum atomic E-state index is 6.18. The molecule has 0 bridgehead atoms. The highest BCUT2D eigenvalue weighted by Crippen LogP contribution is 2.30. The van der Waals surface area contributed by atoms with E-state index in [1.165, 1.54) is 51.6 Å². The lowest BCUT2D eigenvalue weighted by Gasteiger charge is -2.33. The van der Waals surface area contributed by atoms with Gasteiger partial charge in [0.1, 0.15) is 0 Å². The first-order valence-electron chi connectivity index (χ1n) is 6.31. The number of rotatable bonds is 4. The van der Waals surface area contributed by atoms with Gasteiger partial charge in [-0.1, -0.05) is 19.8 Å². The molecular weight excluding hydrogens is 172 g/mol. The molecule has 82 valence electrons. The average molecular weight is 196 g/mol. The van der Waals surface area contributed by atoms with Crippen LogP contribution in [0, 0.1) is 5.92 Å². The fourth-order valence-electron chi connectivity index (χ4n) is 2.74. The third-order valence-corrected chi connectivity index (χ3v) is 3.91. The number of hydrogen-bond donors (Lipinski definition) is 1. The molecule has 2 heteroatoms. The summed E-state index contributed by atoms with van der Waals surface area (Å²) in [6, 6.07) is 1.39. The molecule has 2 aliphatic carbocycles. The van der Waals surface area contributed by atoms with Gasteiger partial charge in [0, 0.05) is 18.6 Å². The highest BCUT2D eigenvalue weighted by atomic mass is 15.2. The number of hydrogen-bond acceptors (Lipinski definition) is 2.